The van der Waals surface area contributed by atoms with Gasteiger partial charge in [-0.05, 0) is 52.7 Å². The Morgan fingerprint density at radius 2 is 1.68 bits per heavy atom. The van der Waals surface area contributed by atoms with Crippen molar-refractivity contribution < 1.29 is 33.4 Å². The molecule has 0 bridgehead atoms. The topological polar surface area (TPSA) is 132 Å². The molecule has 3 N–H and O–H groups in total. The molecule has 186 valence electrons. The van der Waals surface area contributed by atoms with E-state index in [9.17, 15) is 19.2 Å². The van der Waals surface area contributed by atoms with Crippen LogP contribution in [0.15, 0.2) is 30.3 Å². The minimum atomic E-state index is -1.54. The van der Waals surface area contributed by atoms with Crippen LogP contribution in [0, 0.1) is 17.8 Å². The number of anilines is 1. The van der Waals surface area contributed by atoms with Gasteiger partial charge in [0, 0.05) is 24.1 Å². The molecule has 2 fully saturated rings. The normalized spacial score (nSPS) is 27.1. The number of carbonyl (C=O) groups excluding carboxylic acids is 4. The van der Waals surface area contributed by atoms with Gasteiger partial charge in [0.05, 0.1) is 19.1 Å². The summed E-state index contributed by atoms with van der Waals surface area (Å²) in [5, 5.41) is 8.29. The zero-order chi connectivity index (χ0) is 25.1. The highest BCUT2D eigenvalue weighted by molar-refractivity contribution is 5.93. The van der Waals surface area contributed by atoms with Gasteiger partial charge in [0.15, 0.2) is 0 Å². The molecule has 5 atom stereocenters. The second-order valence-electron chi connectivity index (χ2n) is 9.47. The number of fused-ring (bicyclic) bond motifs is 1. The first kappa shape index (κ1) is 25.3. The number of amides is 3. The van der Waals surface area contributed by atoms with Crippen LogP contribution in [0.3, 0.4) is 0 Å². The highest BCUT2D eigenvalue weighted by atomic mass is 16.6. The molecule has 34 heavy (non-hydrogen) atoms. The van der Waals surface area contributed by atoms with E-state index in [1.165, 1.54) is 0 Å². The number of hydrogen-bond acceptors (Lipinski definition) is 7. The van der Waals surface area contributed by atoms with Gasteiger partial charge in [-0.3, -0.25) is 4.79 Å². The van der Waals surface area contributed by atoms with Gasteiger partial charge in [0.25, 0.3) is 0 Å². The molecule has 10 heteroatoms. The van der Waals surface area contributed by atoms with E-state index in [4.69, 9.17) is 14.2 Å². The van der Waals surface area contributed by atoms with Crippen LogP contribution in [-0.2, 0) is 23.8 Å². The first-order chi connectivity index (χ1) is 16.0. The zero-order valence-electron chi connectivity index (χ0n) is 20.2. The molecular weight excluding hydrogens is 442 g/mol. The fourth-order valence-corrected chi connectivity index (χ4v) is 4.79. The lowest BCUT2D eigenvalue weighted by Crippen LogP contribution is -2.59. The molecule has 3 rings (SSSR count). The van der Waals surface area contributed by atoms with Crippen molar-refractivity contribution in [3.05, 3.63) is 30.3 Å². The van der Waals surface area contributed by atoms with Crippen molar-refractivity contribution in [1.29, 1.82) is 0 Å². The van der Waals surface area contributed by atoms with Crippen LogP contribution in [0.25, 0.3) is 0 Å². The lowest BCUT2D eigenvalue weighted by molar-refractivity contribution is -0.153. The SMILES string of the molecule is CCOC(=O)[C@H]1C2C(NC(=O)Nc3ccccc3)CC(NC(=O)OC(C)(C)C)(C(=O)OCC)C21. The number of ether oxygens (including phenoxy) is 3. The van der Waals surface area contributed by atoms with Crippen molar-refractivity contribution in [3.8, 4) is 0 Å². The van der Waals surface area contributed by atoms with E-state index >= 15 is 0 Å². The summed E-state index contributed by atoms with van der Waals surface area (Å²) in [7, 11) is 0. The fraction of sp³-hybridized carbons (Fsp3) is 0.583. The van der Waals surface area contributed by atoms with Gasteiger partial charge in [-0.1, -0.05) is 18.2 Å². The Morgan fingerprint density at radius 1 is 1.03 bits per heavy atom. The third kappa shape index (κ3) is 5.43. The molecule has 1 aromatic rings. The number of alkyl carbamates (subject to hydrolysis) is 1. The molecule has 0 saturated heterocycles. The quantitative estimate of drug-likeness (QED) is 0.408. The smallest absolute Gasteiger partial charge is 0.408 e. The maximum atomic E-state index is 13.2. The van der Waals surface area contributed by atoms with Crippen molar-refractivity contribution in [1.82, 2.24) is 10.6 Å². The predicted molar refractivity (Wildman–Crippen MR) is 123 cm³/mol. The fourth-order valence-electron chi connectivity index (χ4n) is 4.79. The molecule has 2 aliphatic rings. The van der Waals surface area contributed by atoms with Crippen LogP contribution in [-0.4, -0.2) is 54.5 Å². The van der Waals surface area contributed by atoms with Crippen LogP contribution in [0.1, 0.15) is 41.0 Å². The van der Waals surface area contributed by atoms with Crippen molar-refractivity contribution in [3.63, 3.8) is 0 Å². The molecular formula is C24H33N3O7. The first-order valence-corrected chi connectivity index (χ1v) is 11.5. The summed E-state index contributed by atoms with van der Waals surface area (Å²) in [6, 6.07) is 7.81. The second-order valence-corrected chi connectivity index (χ2v) is 9.47. The van der Waals surface area contributed by atoms with Crippen molar-refractivity contribution >= 4 is 29.8 Å². The summed E-state index contributed by atoms with van der Waals surface area (Å²) in [6.45, 7) is 8.73. The Kier molecular flexibility index (Phi) is 7.38. The maximum Gasteiger partial charge on any atom is 0.408 e. The van der Waals surface area contributed by atoms with Gasteiger partial charge in [-0.25, -0.2) is 14.4 Å². The van der Waals surface area contributed by atoms with Crippen molar-refractivity contribution in [2.45, 2.75) is 58.2 Å². The summed E-state index contributed by atoms with van der Waals surface area (Å²) in [5.41, 5.74) is -1.74. The maximum absolute atomic E-state index is 13.2. The number of urea groups is 1. The Labute approximate surface area is 199 Å². The lowest BCUT2D eigenvalue weighted by Gasteiger charge is -2.33. The number of hydrogen-bond donors (Lipinski definition) is 3. The zero-order valence-corrected chi connectivity index (χ0v) is 20.2. The van der Waals surface area contributed by atoms with Gasteiger partial charge in [-0.2, -0.15) is 0 Å². The summed E-state index contributed by atoms with van der Waals surface area (Å²) >= 11 is 0. The standard InChI is InChI=1S/C24H33N3O7/c1-6-32-19(28)17-16-15(26-21(30)25-14-11-9-8-10-12-14)13-24(18(16)17,20(29)33-7-2)27-22(31)34-23(3,4)5/h8-12,15-18H,6-7,13H2,1-5H3,(H,27,31)(H2,25,26,30)/t15?,16?,17-,18?,24?/m0/s1. The molecule has 2 aliphatic carbocycles. The Balaban J connectivity index is 1.86. The molecule has 1 aromatic carbocycles. The monoisotopic (exact) mass is 475 g/mol. The molecule has 4 unspecified atom stereocenters. The molecule has 10 nitrogen and oxygen atoms in total. The number of esters is 2. The van der Waals surface area contributed by atoms with E-state index in [2.05, 4.69) is 16.0 Å². The average molecular weight is 476 g/mol. The Bertz CT molecular complexity index is 930. The highest BCUT2D eigenvalue weighted by Gasteiger charge is 2.76. The summed E-state index contributed by atoms with van der Waals surface area (Å²) < 4.78 is 15.9. The first-order valence-electron chi connectivity index (χ1n) is 11.5. The lowest BCUT2D eigenvalue weighted by atomic mass is 9.89. The van der Waals surface area contributed by atoms with Crippen LogP contribution >= 0.6 is 0 Å². The van der Waals surface area contributed by atoms with E-state index < -0.39 is 59.0 Å². The number of para-hydroxylation sites is 1. The number of carbonyl (C=O) groups is 4. The Morgan fingerprint density at radius 3 is 2.26 bits per heavy atom. The average Bonchev–Trinajstić information content (AvgIpc) is 3.41. The molecule has 3 amide bonds. The molecule has 0 spiro atoms. The van der Waals surface area contributed by atoms with Crippen LogP contribution < -0.4 is 16.0 Å². The largest absolute Gasteiger partial charge is 0.466 e. The summed E-state index contributed by atoms with van der Waals surface area (Å²) in [5.74, 6) is -2.82. The summed E-state index contributed by atoms with van der Waals surface area (Å²) in [4.78, 5) is 51.3. The molecule has 0 radical (unpaired) electrons. The number of benzene rings is 1. The predicted octanol–water partition coefficient (Wildman–Crippen LogP) is 2.83. The third-order valence-corrected chi connectivity index (χ3v) is 5.92. The molecule has 2 saturated carbocycles. The second kappa shape index (κ2) is 9.90. The number of rotatable bonds is 7. The number of nitrogens with one attached hydrogen (secondary N) is 3. The van der Waals surface area contributed by atoms with E-state index in [1.54, 1.807) is 58.9 Å². The third-order valence-electron chi connectivity index (χ3n) is 5.92. The molecule has 0 heterocycles. The van der Waals surface area contributed by atoms with E-state index in [0.29, 0.717) is 5.69 Å². The van der Waals surface area contributed by atoms with Gasteiger partial charge >= 0.3 is 24.1 Å². The van der Waals surface area contributed by atoms with E-state index in [0.717, 1.165) is 0 Å². The van der Waals surface area contributed by atoms with Crippen LogP contribution in [0.2, 0.25) is 0 Å². The van der Waals surface area contributed by atoms with E-state index in [-0.39, 0.29) is 19.6 Å². The van der Waals surface area contributed by atoms with Gasteiger partial charge in [-0.15, -0.1) is 0 Å². The Hall–Kier alpha value is -3.30. The van der Waals surface area contributed by atoms with Crippen molar-refractivity contribution in [2.75, 3.05) is 18.5 Å². The van der Waals surface area contributed by atoms with Crippen LogP contribution in [0.4, 0.5) is 15.3 Å². The highest BCUT2D eigenvalue weighted by Crippen LogP contribution is 2.63. The molecule has 0 aliphatic heterocycles. The summed E-state index contributed by atoms with van der Waals surface area (Å²) in [6.07, 6.45) is -0.749. The van der Waals surface area contributed by atoms with Crippen LogP contribution in [0.5, 0.6) is 0 Å². The van der Waals surface area contributed by atoms with Gasteiger partial charge in [0.2, 0.25) is 0 Å². The van der Waals surface area contributed by atoms with Crippen molar-refractivity contribution in [2.24, 2.45) is 17.8 Å². The minimum absolute atomic E-state index is 0.0541. The van der Waals surface area contributed by atoms with Gasteiger partial charge in [0.1, 0.15) is 11.1 Å². The van der Waals surface area contributed by atoms with Gasteiger partial charge < -0.3 is 30.2 Å². The van der Waals surface area contributed by atoms with E-state index in [1.807, 2.05) is 6.07 Å². The minimum Gasteiger partial charge on any atom is -0.466 e. The molecule has 0 aromatic heterocycles.